The first-order valence-corrected chi connectivity index (χ1v) is 6.38. The van der Waals surface area contributed by atoms with Crippen molar-refractivity contribution >= 4 is 28.1 Å². The lowest BCUT2D eigenvalue weighted by molar-refractivity contribution is 0.544. The van der Waals surface area contributed by atoms with Crippen molar-refractivity contribution in [1.82, 2.24) is 0 Å². The zero-order valence-corrected chi connectivity index (χ0v) is 9.49. The van der Waals surface area contributed by atoms with Gasteiger partial charge in [-0.1, -0.05) is 19.9 Å². The fourth-order valence-electron chi connectivity index (χ4n) is 1.27. The van der Waals surface area contributed by atoms with E-state index in [0.717, 1.165) is 5.75 Å². The minimum absolute atomic E-state index is 0.530. The molecule has 0 N–H and O–H groups in total. The highest BCUT2D eigenvalue weighted by Gasteiger charge is 2.22. The third kappa shape index (κ3) is 1.97. The van der Waals surface area contributed by atoms with E-state index in [0.29, 0.717) is 12.0 Å². The smallest absolute Gasteiger partial charge is 0.108 e. The van der Waals surface area contributed by atoms with Gasteiger partial charge in [0, 0.05) is 5.75 Å². The Labute approximate surface area is 87.3 Å². The quantitative estimate of drug-likeness (QED) is 0.731. The number of thioether (sulfide) groups is 1. The van der Waals surface area contributed by atoms with Crippen LogP contribution in [-0.2, 0) is 0 Å². The molecule has 0 fully saturated rings. The zero-order chi connectivity index (χ0) is 9.26. The van der Waals surface area contributed by atoms with Crippen molar-refractivity contribution < 1.29 is 0 Å². The normalized spacial score (nSPS) is 22.4. The van der Waals surface area contributed by atoms with Crippen molar-refractivity contribution in [3.63, 3.8) is 0 Å². The number of thiophene rings is 1. The topological polar surface area (TPSA) is 12.4 Å². The lowest BCUT2D eigenvalue weighted by Gasteiger charge is -2.07. The second-order valence-corrected chi connectivity index (χ2v) is 5.49. The van der Waals surface area contributed by atoms with Gasteiger partial charge in [0.25, 0.3) is 0 Å². The molecule has 1 aromatic rings. The van der Waals surface area contributed by atoms with Crippen LogP contribution in [0.3, 0.4) is 0 Å². The zero-order valence-electron chi connectivity index (χ0n) is 7.86. The van der Waals surface area contributed by atoms with Crippen LogP contribution in [0.2, 0.25) is 0 Å². The number of nitrogens with zero attached hydrogens (tertiary/aromatic N) is 1. The molecule has 2 rings (SSSR count). The Kier molecular flexibility index (Phi) is 2.74. The van der Waals surface area contributed by atoms with Crippen LogP contribution in [0.1, 0.15) is 18.7 Å². The van der Waals surface area contributed by atoms with Gasteiger partial charge in [-0.25, -0.2) is 0 Å². The molecule has 2 heterocycles. The molecule has 0 amide bonds. The number of rotatable bonds is 2. The molecule has 3 heteroatoms. The fourth-order valence-corrected chi connectivity index (χ4v) is 3.41. The highest BCUT2D eigenvalue weighted by Crippen LogP contribution is 2.28. The maximum Gasteiger partial charge on any atom is 0.108 e. The van der Waals surface area contributed by atoms with E-state index in [-0.39, 0.29) is 0 Å². The molecular formula is C10H13NS2. The van der Waals surface area contributed by atoms with Gasteiger partial charge in [0.2, 0.25) is 0 Å². The van der Waals surface area contributed by atoms with E-state index in [1.54, 1.807) is 11.3 Å². The Morgan fingerprint density at radius 1 is 1.54 bits per heavy atom. The molecule has 1 aliphatic rings. The third-order valence-electron chi connectivity index (χ3n) is 2.18. The van der Waals surface area contributed by atoms with E-state index < -0.39 is 0 Å². The summed E-state index contributed by atoms with van der Waals surface area (Å²) in [4.78, 5) is 6.05. The van der Waals surface area contributed by atoms with Crippen LogP contribution in [0.4, 0.5) is 0 Å². The number of hydrogen-bond acceptors (Lipinski definition) is 3. The Bertz CT molecular complexity index is 301. The maximum atomic E-state index is 4.72. The minimum Gasteiger partial charge on any atom is -0.272 e. The van der Waals surface area contributed by atoms with Crippen molar-refractivity contribution in [1.29, 1.82) is 0 Å². The largest absolute Gasteiger partial charge is 0.272 e. The molecule has 0 bridgehead atoms. The van der Waals surface area contributed by atoms with Crippen molar-refractivity contribution in [2.45, 2.75) is 19.9 Å². The van der Waals surface area contributed by atoms with Crippen LogP contribution in [-0.4, -0.2) is 16.8 Å². The number of hydrogen-bond donors (Lipinski definition) is 0. The average molecular weight is 211 g/mol. The second-order valence-electron chi connectivity index (χ2n) is 3.53. The van der Waals surface area contributed by atoms with E-state index >= 15 is 0 Å². The van der Waals surface area contributed by atoms with Gasteiger partial charge in [-0.2, -0.15) is 0 Å². The fraction of sp³-hybridized carbons (Fsp3) is 0.500. The predicted octanol–water partition coefficient (Wildman–Crippen LogP) is 3.27. The highest BCUT2D eigenvalue weighted by atomic mass is 32.2. The molecule has 0 radical (unpaired) electrons. The van der Waals surface area contributed by atoms with Gasteiger partial charge in [0.15, 0.2) is 0 Å². The van der Waals surface area contributed by atoms with Crippen LogP contribution in [0.5, 0.6) is 0 Å². The molecule has 0 aromatic carbocycles. The van der Waals surface area contributed by atoms with E-state index in [9.17, 15) is 0 Å². The minimum atomic E-state index is 0.530. The Balaban J connectivity index is 2.15. The van der Waals surface area contributed by atoms with E-state index in [1.807, 2.05) is 11.8 Å². The van der Waals surface area contributed by atoms with Crippen LogP contribution >= 0.6 is 23.1 Å². The predicted molar refractivity (Wildman–Crippen MR) is 61.9 cm³/mol. The van der Waals surface area contributed by atoms with Crippen molar-refractivity contribution in [2.24, 2.45) is 10.9 Å². The summed E-state index contributed by atoms with van der Waals surface area (Å²) >= 11 is 3.68. The van der Waals surface area contributed by atoms with Gasteiger partial charge in [-0.05, 0) is 17.4 Å². The van der Waals surface area contributed by atoms with Crippen LogP contribution in [0.25, 0.3) is 0 Å². The first-order valence-electron chi connectivity index (χ1n) is 4.52. The summed E-state index contributed by atoms with van der Waals surface area (Å²) in [6.07, 6.45) is 0. The van der Waals surface area contributed by atoms with Gasteiger partial charge in [-0.15, -0.1) is 23.1 Å². The molecule has 1 unspecified atom stereocenters. The SMILES string of the molecule is CC(C)C1CSC(c2cccs2)=N1. The summed E-state index contributed by atoms with van der Waals surface area (Å²) in [6, 6.07) is 4.77. The summed E-state index contributed by atoms with van der Waals surface area (Å²) in [7, 11) is 0. The van der Waals surface area contributed by atoms with E-state index in [4.69, 9.17) is 4.99 Å². The summed E-state index contributed by atoms with van der Waals surface area (Å²) in [5, 5.41) is 3.36. The van der Waals surface area contributed by atoms with E-state index in [2.05, 4.69) is 31.4 Å². The molecule has 0 spiro atoms. The summed E-state index contributed by atoms with van der Waals surface area (Å²) in [5.74, 6) is 1.83. The molecule has 0 aliphatic carbocycles. The van der Waals surface area contributed by atoms with Crippen molar-refractivity contribution in [2.75, 3.05) is 5.75 Å². The van der Waals surface area contributed by atoms with Gasteiger partial charge in [0.1, 0.15) is 5.04 Å². The standard InChI is InChI=1S/C10H13NS2/c1-7(2)8-6-13-10(11-8)9-4-3-5-12-9/h3-5,7-8H,6H2,1-2H3. The summed E-state index contributed by atoms with van der Waals surface area (Å²) < 4.78 is 0. The lowest BCUT2D eigenvalue weighted by Crippen LogP contribution is -2.11. The molecule has 0 saturated heterocycles. The third-order valence-corrected chi connectivity index (χ3v) is 4.29. The van der Waals surface area contributed by atoms with Gasteiger partial charge >= 0.3 is 0 Å². The molecule has 13 heavy (non-hydrogen) atoms. The first kappa shape index (κ1) is 9.28. The highest BCUT2D eigenvalue weighted by molar-refractivity contribution is 8.15. The van der Waals surface area contributed by atoms with E-state index in [1.165, 1.54) is 9.92 Å². The van der Waals surface area contributed by atoms with Crippen LogP contribution in [0, 0.1) is 5.92 Å². The maximum absolute atomic E-state index is 4.72. The second kappa shape index (κ2) is 3.84. The Morgan fingerprint density at radius 3 is 2.92 bits per heavy atom. The Morgan fingerprint density at radius 2 is 2.38 bits per heavy atom. The van der Waals surface area contributed by atoms with Crippen LogP contribution in [0.15, 0.2) is 22.5 Å². The average Bonchev–Trinajstić information content (AvgIpc) is 2.75. The summed E-state index contributed by atoms with van der Waals surface area (Å²) in [6.45, 7) is 4.48. The monoisotopic (exact) mass is 211 g/mol. The lowest BCUT2D eigenvalue weighted by atomic mass is 10.1. The Hall–Kier alpha value is -0.280. The van der Waals surface area contributed by atoms with Gasteiger partial charge in [0.05, 0.1) is 10.9 Å². The molecule has 0 saturated carbocycles. The van der Waals surface area contributed by atoms with Crippen molar-refractivity contribution in [3.05, 3.63) is 22.4 Å². The molecule has 1 nitrogen and oxygen atoms in total. The van der Waals surface area contributed by atoms with Gasteiger partial charge in [-0.3, -0.25) is 4.99 Å². The van der Waals surface area contributed by atoms with Crippen molar-refractivity contribution in [3.8, 4) is 0 Å². The molecule has 1 aromatic heterocycles. The number of aliphatic imine (C=N–C) groups is 1. The summed E-state index contributed by atoms with van der Waals surface area (Å²) in [5.41, 5.74) is 0. The molecule has 1 aliphatic heterocycles. The van der Waals surface area contributed by atoms with Crippen LogP contribution < -0.4 is 0 Å². The first-order chi connectivity index (χ1) is 6.27. The molecule has 70 valence electrons. The molecular weight excluding hydrogens is 198 g/mol. The molecule has 1 atom stereocenters. The van der Waals surface area contributed by atoms with Gasteiger partial charge < -0.3 is 0 Å².